The summed E-state index contributed by atoms with van der Waals surface area (Å²) in [4.78, 5) is 27.3. The van der Waals surface area contributed by atoms with Crippen molar-refractivity contribution in [2.24, 2.45) is 0 Å². The molecule has 0 aliphatic heterocycles. The third-order valence-electron chi connectivity index (χ3n) is 4.10. The fourth-order valence-electron chi connectivity index (χ4n) is 2.73. The van der Waals surface area contributed by atoms with E-state index in [0.717, 1.165) is 16.5 Å². The largest absolute Gasteiger partial charge is 0.457 e. The zero-order chi connectivity index (χ0) is 16.9. The molecule has 0 amide bonds. The van der Waals surface area contributed by atoms with Gasteiger partial charge in [-0.1, -0.05) is 55.5 Å². The van der Waals surface area contributed by atoms with Crippen molar-refractivity contribution in [3.63, 3.8) is 0 Å². The van der Waals surface area contributed by atoms with E-state index in [1.165, 1.54) is 0 Å². The molecule has 4 nitrogen and oxygen atoms in total. The molecule has 0 aliphatic rings. The highest BCUT2D eigenvalue weighted by Crippen LogP contribution is 2.20. The van der Waals surface area contributed by atoms with E-state index in [4.69, 9.17) is 4.74 Å². The lowest BCUT2D eigenvalue weighted by molar-refractivity contribution is -0.142. The molecule has 0 saturated heterocycles. The van der Waals surface area contributed by atoms with Gasteiger partial charge < -0.3 is 9.72 Å². The summed E-state index contributed by atoms with van der Waals surface area (Å²) in [5, 5.41) is 0.844. The van der Waals surface area contributed by atoms with E-state index < -0.39 is 0 Å². The molecule has 1 atom stereocenters. The summed E-state index contributed by atoms with van der Waals surface area (Å²) < 4.78 is 5.17. The highest BCUT2D eigenvalue weighted by atomic mass is 16.5. The summed E-state index contributed by atoms with van der Waals surface area (Å²) in [6.45, 7) is 1.74. The number of fused-ring (bicyclic) bond motifs is 1. The fourth-order valence-corrected chi connectivity index (χ4v) is 2.73. The summed E-state index contributed by atoms with van der Waals surface area (Å²) in [6, 6.07) is 17.3. The Balaban J connectivity index is 1.57. The number of nitrogens with one attached hydrogen (secondary N) is 1. The first-order valence-electron chi connectivity index (χ1n) is 7.95. The number of benzene rings is 2. The van der Waals surface area contributed by atoms with Gasteiger partial charge in [-0.05, 0) is 17.5 Å². The maximum atomic E-state index is 12.3. The first kappa shape index (κ1) is 16.0. The van der Waals surface area contributed by atoms with Gasteiger partial charge in [0, 0.05) is 22.7 Å². The maximum Gasteiger partial charge on any atom is 0.306 e. The van der Waals surface area contributed by atoms with E-state index in [1.807, 2.05) is 61.5 Å². The molecule has 0 fully saturated rings. The van der Waals surface area contributed by atoms with Gasteiger partial charge in [-0.3, -0.25) is 9.59 Å². The third kappa shape index (κ3) is 3.54. The molecule has 1 heterocycles. The Bertz CT molecular complexity index is 851. The van der Waals surface area contributed by atoms with Crippen molar-refractivity contribution in [3.05, 3.63) is 71.9 Å². The second kappa shape index (κ2) is 7.13. The van der Waals surface area contributed by atoms with Gasteiger partial charge in [0.1, 0.15) is 0 Å². The second-order valence-electron chi connectivity index (χ2n) is 5.85. The number of aromatic nitrogens is 1. The molecule has 0 spiro atoms. The van der Waals surface area contributed by atoms with Crippen LogP contribution in [0.3, 0.4) is 0 Å². The topological polar surface area (TPSA) is 59.2 Å². The number of aromatic amines is 1. The highest BCUT2D eigenvalue weighted by Gasteiger charge is 2.16. The van der Waals surface area contributed by atoms with Gasteiger partial charge in [0.15, 0.2) is 6.61 Å². The predicted molar refractivity (Wildman–Crippen MR) is 93.1 cm³/mol. The van der Waals surface area contributed by atoms with Crippen LogP contribution >= 0.6 is 0 Å². The summed E-state index contributed by atoms with van der Waals surface area (Å²) in [5.74, 6) is -0.505. The van der Waals surface area contributed by atoms with Crippen LogP contribution in [-0.4, -0.2) is 23.3 Å². The maximum absolute atomic E-state index is 12.3. The van der Waals surface area contributed by atoms with Gasteiger partial charge in [0.25, 0.3) is 0 Å². The standard InChI is InChI=1S/C20H19NO3/c1-14(15-7-3-2-4-8-15)11-20(23)24-13-19(22)17-12-21-18-10-6-5-9-16(17)18/h2-10,12,14,21H,11,13H2,1H3/t14-/m1/s1. The molecule has 0 bridgehead atoms. The van der Waals surface area contributed by atoms with Gasteiger partial charge in [0.2, 0.25) is 5.78 Å². The molecule has 4 heteroatoms. The zero-order valence-electron chi connectivity index (χ0n) is 13.5. The molecule has 1 N–H and O–H groups in total. The number of Topliss-reactive ketones (excluding diaryl/α,β-unsaturated/α-hetero) is 1. The van der Waals surface area contributed by atoms with E-state index in [9.17, 15) is 9.59 Å². The molecule has 0 saturated carbocycles. The Morgan fingerprint density at radius 1 is 1.04 bits per heavy atom. The number of hydrogen-bond donors (Lipinski definition) is 1. The van der Waals surface area contributed by atoms with E-state index in [1.54, 1.807) is 6.20 Å². The van der Waals surface area contributed by atoms with Crippen molar-refractivity contribution >= 4 is 22.7 Å². The molecule has 0 unspecified atom stereocenters. The molecule has 1 aromatic heterocycles. The molecule has 122 valence electrons. The van der Waals surface area contributed by atoms with Crippen molar-refractivity contribution in [2.45, 2.75) is 19.3 Å². The quantitative estimate of drug-likeness (QED) is 0.549. The van der Waals surface area contributed by atoms with Crippen LogP contribution in [0.2, 0.25) is 0 Å². The van der Waals surface area contributed by atoms with Crippen LogP contribution in [0, 0.1) is 0 Å². The first-order chi connectivity index (χ1) is 11.6. The monoisotopic (exact) mass is 321 g/mol. The molecule has 24 heavy (non-hydrogen) atoms. The van der Waals surface area contributed by atoms with Crippen LogP contribution in [0.1, 0.15) is 35.2 Å². The van der Waals surface area contributed by atoms with Crippen LogP contribution in [0.5, 0.6) is 0 Å². The van der Waals surface area contributed by atoms with Crippen molar-refractivity contribution in [2.75, 3.05) is 6.61 Å². The lowest BCUT2D eigenvalue weighted by Gasteiger charge is -2.11. The molecule has 3 aromatic rings. The smallest absolute Gasteiger partial charge is 0.306 e. The lowest BCUT2D eigenvalue weighted by Crippen LogP contribution is -2.15. The van der Waals surface area contributed by atoms with Crippen LogP contribution in [0.4, 0.5) is 0 Å². The molecule has 0 radical (unpaired) electrons. The minimum absolute atomic E-state index is 0.0573. The van der Waals surface area contributed by atoms with Crippen LogP contribution < -0.4 is 0 Å². The highest BCUT2D eigenvalue weighted by molar-refractivity contribution is 6.08. The summed E-state index contributed by atoms with van der Waals surface area (Å²) in [7, 11) is 0. The lowest BCUT2D eigenvalue weighted by atomic mass is 9.98. The predicted octanol–water partition coefficient (Wildman–Crippen LogP) is 4.09. The summed E-state index contributed by atoms with van der Waals surface area (Å²) in [5.41, 5.74) is 2.52. The number of ketones is 1. The van der Waals surface area contributed by atoms with E-state index in [-0.39, 0.29) is 30.7 Å². The molecular formula is C20H19NO3. The van der Waals surface area contributed by atoms with Gasteiger partial charge >= 0.3 is 5.97 Å². The van der Waals surface area contributed by atoms with Crippen molar-refractivity contribution in [1.82, 2.24) is 4.98 Å². The minimum atomic E-state index is -0.362. The van der Waals surface area contributed by atoms with Crippen LogP contribution in [0.15, 0.2) is 60.8 Å². The average molecular weight is 321 g/mol. The SMILES string of the molecule is C[C@H](CC(=O)OCC(=O)c1c[nH]c2ccccc12)c1ccccc1. The number of hydrogen-bond acceptors (Lipinski definition) is 3. The Morgan fingerprint density at radius 2 is 1.75 bits per heavy atom. The van der Waals surface area contributed by atoms with Gasteiger partial charge in [0.05, 0.1) is 6.42 Å². The van der Waals surface area contributed by atoms with Gasteiger partial charge in [-0.15, -0.1) is 0 Å². The number of H-pyrrole nitrogens is 1. The molecule has 3 rings (SSSR count). The Morgan fingerprint density at radius 3 is 2.54 bits per heavy atom. The average Bonchev–Trinajstić information content (AvgIpc) is 3.04. The van der Waals surface area contributed by atoms with Gasteiger partial charge in [-0.25, -0.2) is 0 Å². The summed E-state index contributed by atoms with van der Waals surface area (Å²) in [6.07, 6.45) is 1.92. The fraction of sp³-hybridized carbons (Fsp3) is 0.200. The Labute approximate surface area is 140 Å². The number of carbonyl (C=O) groups is 2. The minimum Gasteiger partial charge on any atom is -0.457 e. The first-order valence-corrected chi connectivity index (χ1v) is 7.95. The second-order valence-corrected chi connectivity index (χ2v) is 5.85. The Kier molecular flexibility index (Phi) is 4.75. The number of carbonyl (C=O) groups excluding carboxylic acids is 2. The molecule has 0 aliphatic carbocycles. The number of rotatable bonds is 6. The zero-order valence-corrected chi connectivity index (χ0v) is 13.5. The molecule has 2 aromatic carbocycles. The van der Waals surface area contributed by atoms with E-state index >= 15 is 0 Å². The van der Waals surface area contributed by atoms with Crippen molar-refractivity contribution in [3.8, 4) is 0 Å². The number of para-hydroxylation sites is 1. The van der Waals surface area contributed by atoms with Crippen LogP contribution in [0.25, 0.3) is 10.9 Å². The Hall–Kier alpha value is -2.88. The van der Waals surface area contributed by atoms with Crippen LogP contribution in [-0.2, 0) is 9.53 Å². The number of ether oxygens (including phenoxy) is 1. The third-order valence-corrected chi connectivity index (χ3v) is 4.10. The van der Waals surface area contributed by atoms with E-state index in [2.05, 4.69) is 4.98 Å². The summed E-state index contributed by atoms with van der Waals surface area (Å²) >= 11 is 0. The number of esters is 1. The normalized spacial score (nSPS) is 12.0. The van der Waals surface area contributed by atoms with E-state index in [0.29, 0.717) is 5.56 Å². The van der Waals surface area contributed by atoms with Gasteiger partial charge in [-0.2, -0.15) is 0 Å². The molecular weight excluding hydrogens is 302 g/mol. The van der Waals surface area contributed by atoms with Crippen molar-refractivity contribution < 1.29 is 14.3 Å². The van der Waals surface area contributed by atoms with Crippen molar-refractivity contribution in [1.29, 1.82) is 0 Å².